The number of benzene rings is 2. The summed E-state index contributed by atoms with van der Waals surface area (Å²) in [6, 6.07) is 13.2. The van der Waals surface area contributed by atoms with E-state index in [1.54, 1.807) is 62.6 Å². The van der Waals surface area contributed by atoms with Crippen LogP contribution in [0.1, 0.15) is 0 Å². The Balaban J connectivity index is 1.78. The fourth-order valence-electron chi connectivity index (χ4n) is 2.01. The summed E-state index contributed by atoms with van der Waals surface area (Å²) in [6.45, 7) is 0.758. The third-order valence-electron chi connectivity index (χ3n) is 3.66. The molecule has 0 saturated heterocycles. The summed E-state index contributed by atoms with van der Waals surface area (Å²) in [5.41, 5.74) is 1.31. The number of likely N-dealkylation sites (N-methyl/N-ethyl adjacent to an activating group) is 2. The number of carbonyl (C=O) groups is 2. The zero-order chi connectivity index (χ0) is 19.1. The van der Waals surface area contributed by atoms with Gasteiger partial charge in [0.1, 0.15) is 0 Å². The zero-order valence-electron chi connectivity index (χ0n) is 14.5. The van der Waals surface area contributed by atoms with Gasteiger partial charge < -0.3 is 20.4 Å². The van der Waals surface area contributed by atoms with Crippen molar-refractivity contribution in [3.8, 4) is 0 Å². The molecule has 0 aliphatic heterocycles. The van der Waals surface area contributed by atoms with Crippen LogP contribution in [0.3, 0.4) is 0 Å². The van der Waals surface area contributed by atoms with Crippen molar-refractivity contribution in [2.24, 2.45) is 0 Å². The molecule has 2 rings (SSSR count). The van der Waals surface area contributed by atoms with Gasteiger partial charge >= 0.3 is 12.1 Å². The predicted molar refractivity (Wildman–Crippen MR) is 106 cm³/mol. The first-order valence-electron chi connectivity index (χ1n) is 7.90. The van der Waals surface area contributed by atoms with Crippen LogP contribution >= 0.6 is 23.2 Å². The van der Waals surface area contributed by atoms with Gasteiger partial charge in [-0.15, -0.1) is 0 Å². The zero-order valence-corrected chi connectivity index (χ0v) is 16.0. The van der Waals surface area contributed by atoms with Crippen molar-refractivity contribution >= 4 is 46.6 Å². The van der Waals surface area contributed by atoms with Gasteiger partial charge in [0.05, 0.1) is 0 Å². The van der Waals surface area contributed by atoms with E-state index in [0.717, 1.165) is 0 Å². The monoisotopic (exact) mass is 394 g/mol. The molecule has 0 aliphatic rings. The van der Waals surface area contributed by atoms with E-state index in [-0.39, 0.29) is 12.1 Å². The Kier molecular flexibility index (Phi) is 7.12. The second kappa shape index (κ2) is 9.31. The van der Waals surface area contributed by atoms with Crippen molar-refractivity contribution in [2.45, 2.75) is 0 Å². The Labute approximate surface area is 162 Å². The fraction of sp³-hybridized carbons (Fsp3) is 0.222. The number of hydrogen-bond acceptors (Lipinski definition) is 2. The van der Waals surface area contributed by atoms with Gasteiger partial charge in [-0.25, -0.2) is 9.59 Å². The number of halogens is 2. The number of nitrogens with one attached hydrogen (secondary N) is 2. The topological polar surface area (TPSA) is 64.7 Å². The van der Waals surface area contributed by atoms with E-state index in [2.05, 4.69) is 10.6 Å². The van der Waals surface area contributed by atoms with Crippen LogP contribution in [0.25, 0.3) is 0 Å². The van der Waals surface area contributed by atoms with Crippen LogP contribution in [0.4, 0.5) is 21.0 Å². The van der Waals surface area contributed by atoms with Crippen molar-refractivity contribution in [1.29, 1.82) is 0 Å². The largest absolute Gasteiger partial charge is 0.326 e. The highest BCUT2D eigenvalue weighted by molar-refractivity contribution is 6.30. The highest BCUT2D eigenvalue weighted by atomic mass is 35.5. The van der Waals surface area contributed by atoms with Crippen LogP contribution in [-0.4, -0.2) is 49.0 Å². The highest BCUT2D eigenvalue weighted by Gasteiger charge is 2.13. The molecule has 26 heavy (non-hydrogen) atoms. The van der Waals surface area contributed by atoms with Crippen LogP contribution in [0, 0.1) is 0 Å². The molecule has 0 fully saturated rings. The second-order valence-electron chi connectivity index (χ2n) is 5.72. The van der Waals surface area contributed by atoms with Gasteiger partial charge in [0, 0.05) is 48.6 Å². The van der Waals surface area contributed by atoms with Gasteiger partial charge in [0.25, 0.3) is 0 Å². The van der Waals surface area contributed by atoms with Crippen LogP contribution in [0.5, 0.6) is 0 Å². The molecular weight excluding hydrogens is 375 g/mol. The summed E-state index contributed by atoms with van der Waals surface area (Å²) in [7, 11) is 3.33. The van der Waals surface area contributed by atoms with Crippen molar-refractivity contribution in [1.82, 2.24) is 9.80 Å². The van der Waals surface area contributed by atoms with E-state index in [0.29, 0.717) is 34.5 Å². The summed E-state index contributed by atoms with van der Waals surface area (Å²) in [5.74, 6) is 0. The van der Waals surface area contributed by atoms with Gasteiger partial charge in [-0.1, -0.05) is 23.2 Å². The Morgan fingerprint density at radius 2 is 1.04 bits per heavy atom. The van der Waals surface area contributed by atoms with E-state index >= 15 is 0 Å². The lowest BCUT2D eigenvalue weighted by Gasteiger charge is -2.23. The molecule has 0 heterocycles. The minimum atomic E-state index is -0.265. The SMILES string of the molecule is CN(CCN(C)C(=O)Nc1ccc(Cl)cc1)C(=O)Nc1ccc(Cl)cc1. The summed E-state index contributed by atoms with van der Waals surface area (Å²) in [5, 5.41) is 6.73. The maximum Gasteiger partial charge on any atom is 0.321 e. The van der Waals surface area contributed by atoms with Gasteiger partial charge in [0.2, 0.25) is 0 Å². The standard InChI is InChI=1S/C18H20Cl2N4O2/c1-23(17(25)21-15-7-3-13(19)4-8-15)11-12-24(2)18(26)22-16-9-5-14(20)6-10-16/h3-10H,11-12H2,1-2H3,(H,21,25)(H,22,26). The molecule has 0 unspecified atom stereocenters. The van der Waals surface area contributed by atoms with E-state index in [1.807, 2.05) is 0 Å². The van der Waals surface area contributed by atoms with Crippen molar-refractivity contribution < 1.29 is 9.59 Å². The lowest BCUT2D eigenvalue weighted by atomic mass is 10.3. The van der Waals surface area contributed by atoms with Gasteiger partial charge in [0.15, 0.2) is 0 Å². The molecule has 2 aromatic carbocycles. The summed E-state index contributed by atoms with van der Waals surface area (Å²) in [4.78, 5) is 27.3. The van der Waals surface area contributed by atoms with Crippen molar-refractivity contribution in [2.75, 3.05) is 37.8 Å². The van der Waals surface area contributed by atoms with Crippen LogP contribution in [0.2, 0.25) is 10.0 Å². The van der Waals surface area contributed by atoms with Crippen LogP contribution in [-0.2, 0) is 0 Å². The van der Waals surface area contributed by atoms with Gasteiger partial charge in [-0.2, -0.15) is 0 Å². The Morgan fingerprint density at radius 3 is 1.35 bits per heavy atom. The van der Waals surface area contributed by atoms with Crippen LogP contribution in [0.15, 0.2) is 48.5 Å². The van der Waals surface area contributed by atoms with Crippen molar-refractivity contribution in [3.63, 3.8) is 0 Å². The first kappa shape index (κ1) is 19.9. The minimum absolute atomic E-state index is 0.265. The maximum absolute atomic E-state index is 12.2. The number of carbonyl (C=O) groups excluding carboxylic acids is 2. The Hall–Kier alpha value is -2.44. The quantitative estimate of drug-likeness (QED) is 0.776. The Morgan fingerprint density at radius 1 is 0.731 bits per heavy atom. The number of urea groups is 2. The third kappa shape index (κ3) is 6.13. The molecule has 4 amide bonds. The molecule has 0 bridgehead atoms. The lowest BCUT2D eigenvalue weighted by Crippen LogP contribution is -2.40. The minimum Gasteiger partial charge on any atom is -0.326 e. The molecule has 0 saturated carbocycles. The molecule has 0 radical (unpaired) electrons. The smallest absolute Gasteiger partial charge is 0.321 e. The molecular formula is C18H20Cl2N4O2. The number of hydrogen-bond donors (Lipinski definition) is 2. The van der Waals surface area contributed by atoms with Crippen LogP contribution < -0.4 is 10.6 Å². The first-order chi connectivity index (χ1) is 12.3. The van der Waals surface area contributed by atoms with E-state index in [9.17, 15) is 9.59 Å². The fourth-order valence-corrected chi connectivity index (χ4v) is 2.26. The molecule has 8 heteroatoms. The average molecular weight is 395 g/mol. The summed E-state index contributed by atoms with van der Waals surface area (Å²) in [6.07, 6.45) is 0. The van der Waals surface area contributed by atoms with E-state index in [1.165, 1.54) is 9.80 Å². The van der Waals surface area contributed by atoms with Gasteiger partial charge in [-0.05, 0) is 48.5 Å². The van der Waals surface area contributed by atoms with E-state index in [4.69, 9.17) is 23.2 Å². The Bertz CT molecular complexity index is 685. The second-order valence-corrected chi connectivity index (χ2v) is 6.59. The molecule has 2 aromatic rings. The maximum atomic E-state index is 12.2. The molecule has 0 aliphatic carbocycles. The van der Waals surface area contributed by atoms with E-state index < -0.39 is 0 Å². The highest BCUT2D eigenvalue weighted by Crippen LogP contribution is 2.14. The number of amides is 4. The average Bonchev–Trinajstić information content (AvgIpc) is 2.63. The predicted octanol–water partition coefficient (Wildman–Crippen LogP) is 4.62. The number of anilines is 2. The number of rotatable bonds is 5. The molecule has 0 aromatic heterocycles. The van der Waals surface area contributed by atoms with Gasteiger partial charge in [-0.3, -0.25) is 0 Å². The molecule has 0 spiro atoms. The molecule has 0 atom stereocenters. The third-order valence-corrected chi connectivity index (χ3v) is 4.16. The number of nitrogens with zero attached hydrogens (tertiary/aromatic N) is 2. The lowest BCUT2D eigenvalue weighted by molar-refractivity contribution is 0.205. The molecule has 138 valence electrons. The van der Waals surface area contributed by atoms with Crippen molar-refractivity contribution in [3.05, 3.63) is 58.6 Å². The summed E-state index contributed by atoms with van der Waals surface area (Å²) < 4.78 is 0. The summed E-state index contributed by atoms with van der Waals surface area (Å²) >= 11 is 11.6. The molecule has 2 N–H and O–H groups in total. The normalized spacial score (nSPS) is 10.2. The first-order valence-corrected chi connectivity index (χ1v) is 8.66. The molecule has 6 nitrogen and oxygen atoms in total.